The summed E-state index contributed by atoms with van der Waals surface area (Å²) in [6.45, 7) is 3.57. The molecular weight excluding hydrogens is 522 g/mol. The van der Waals surface area contributed by atoms with Crippen LogP contribution >= 0.6 is 11.8 Å². The standard InChI is InChI=1S/C31H25N5O3S/c1-3-22-17-19-23(20-18-22)29-25-13-7-8-14-26(25)31(34(32-29)24-11-5-4-6-12-24)35(33-30(40-31)21(2)37)27-15-9-10-16-28(27)36(38)39/h4-20H,3H2,1-2H3. The molecule has 0 saturated carbocycles. The van der Waals surface area contributed by atoms with Crippen LogP contribution < -0.4 is 10.0 Å². The largest absolute Gasteiger partial charge is 0.294 e. The lowest BCUT2D eigenvalue weighted by Crippen LogP contribution is -2.54. The number of benzene rings is 4. The van der Waals surface area contributed by atoms with Crippen LogP contribution in [0.15, 0.2) is 113 Å². The Bertz CT molecular complexity index is 1690. The van der Waals surface area contributed by atoms with Gasteiger partial charge in [-0.05, 0) is 41.9 Å². The molecule has 198 valence electrons. The Morgan fingerprint density at radius 3 is 2.25 bits per heavy atom. The van der Waals surface area contributed by atoms with Crippen molar-refractivity contribution in [3.05, 3.63) is 135 Å². The summed E-state index contributed by atoms with van der Waals surface area (Å²) < 4.78 is 0. The van der Waals surface area contributed by atoms with Gasteiger partial charge in [0.2, 0.25) is 4.99 Å². The zero-order valence-corrected chi connectivity index (χ0v) is 22.7. The molecule has 2 aliphatic heterocycles. The van der Waals surface area contributed by atoms with Crippen molar-refractivity contribution in [1.29, 1.82) is 0 Å². The number of para-hydroxylation sites is 3. The molecule has 9 heteroatoms. The van der Waals surface area contributed by atoms with Crippen molar-refractivity contribution in [2.45, 2.75) is 25.3 Å². The van der Waals surface area contributed by atoms with Crippen molar-refractivity contribution in [2.75, 3.05) is 10.0 Å². The van der Waals surface area contributed by atoms with Gasteiger partial charge in [-0.3, -0.25) is 14.9 Å². The Balaban J connectivity index is 1.67. The summed E-state index contributed by atoms with van der Waals surface area (Å²) in [6, 6.07) is 32.2. The van der Waals surface area contributed by atoms with E-state index < -0.39 is 9.92 Å². The molecule has 1 unspecified atom stereocenters. The van der Waals surface area contributed by atoms with Crippen molar-refractivity contribution in [3.8, 4) is 0 Å². The first-order valence-corrected chi connectivity index (χ1v) is 13.7. The summed E-state index contributed by atoms with van der Waals surface area (Å²) in [5.41, 5.74) is 5.47. The van der Waals surface area contributed by atoms with Gasteiger partial charge in [0.05, 0.1) is 16.3 Å². The average Bonchev–Trinajstić information content (AvgIpc) is 3.39. The van der Waals surface area contributed by atoms with Crippen molar-refractivity contribution < 1.29 is 9.72 Å². The molecule has 6 rings (SSSR count). The number of Topliss-reactive ketones (excluding diaryl/α,β-unsaturated/α-hetero) is 1. The summed E-state index contributed by atoms with van der Waals surface area (Å²) in [6.07, 6.45) is 0.926. The number of ketones is 1. The zero-order valence-electron chi connectivity index (χ0n) is 21.9. The first kappa shape index (κ1) is 25.5. The number of fused-ring (bicyclic) bond motifs is 2. The van der Waals surface area contributed by atoms with Crippen LogP contribution in [-0.4, -0.2) is 21.5 Å². The smallest absolute Gasteiger partial charge is 0.292 e. The highest BCUT2D eigenvalue weighted by Crippen LogP contribution is 2.56. The summed E-state index contributed by atoms with van der Waals surface area (Å²) in [5, 5.41) is 25.8. The first-order chi connectivity index (χ1) is 19.4. The Kier molecular flexibility index (Phi) is 6.43. The minimum atomic E-state index is -1.25. The van der Waals surface area contributed by atoms with Crippen LogP contribution in [0.4, 0.5) is 17.1 Å². The third-order valence-corrected chi connectivity index (χ3v) is 8.39. The van der Waals surface area contributed by atoms with E-state index in [-0.39, 0.29) is 22.2 Å². The predicted molar refractivity (Wildman–Crippen MR) is 160 cm³/mol. The summed E-state index contributed by atoms with van der Waals surface area (Å²) >= 11 is 1.24. The van der Waals surface area contributed by atoms with E-state index in [9.17, 15) is 14.9 Å². The maximum atomic E-state index is 12.8. The summed E-state index contributed by atoms with van der Waals surface area (Å²) in [7, 11) is 0. The molecule has 0 fully saturated rings. The van der Waals surface area contributed by atoms with Gasteiger partial charge in [-0.25, -0.2) is 10.0 Å². The van der Waals surface area contributed by atoms with Gasteiger partial charge < -0.3 is 0 Å². The normalized spacial score (nSPS) is 17.9. The minimum Gasteiger partial charge on any atom is -0.292 e. The number of nitro groups is 1. The van der Waals surface area contributed by atoms with Crippen LogP contribution in [0.2, 0.25) is 0 Å². The van der Waals surface area contributed by atoms with Crippen LogP contribution in [0.3, 0.4) is 0 Å². The molecule has 4 aromatic rings. The van der Waals surface area contributed by atoms with Crippen LogP contribution in [0.25, 0.3) is 0 Å². The van der Waals surface area contributed by atoms with Crippen LogP contribution in [0.5, 0.6) is 0 Å². The van der Waals surface area contributed by atoms with Crippen LogP contribution in [-0.2, 0) is 16.2 Å². The molecule has 0 radical (unpaired) electrons. The van der Waals surface area contributed by atoms with E-state index in [4.69, 9.17) is 10.2 Å². The number of nitrogens with zero attached hydrogens (tertiary/aromatic N) is 5. The second-order valence-corrected chi connectivity index (χ2v) is 10.6. The number of thioether (sulfide) groups is 1. The second-order valence-electron chi connectivity index (χ2n) is 9.42. The van der Waals surface area contributed by atoms with Gasteiger partial charge in [-0.15, -0.1) is 0 Å². The molecule has 40 heavy (non-hydrogen) atoms. The van der Waals surface area contributed by atoms with Gasteiger partial charge >= 0.3 is 0 Å². The molecule has 0 bridgehead atoms. The van der Waals surface area contributed by atoms with Crippen LogP contribution in [0.1, 0.15) is 36.1 Å². The number of carbonyl (C=O) groups is 1. The predicted octanol–water partition coefficient (Wildman–Crippen LogP) is 6.70. The maximum absolute atomic E-state index is 12.8. The molecule has 2 aliphatic rings. The molecular formula is C31H25N5O3S. The summed E-state index contributed by atoms with van der Waals surface area (Å²) in [5.74, 6) is -0.235. The van der Waals surface area contributed by atoms with Gasteiger partial charge in [-0.1, -0.05) is 85.8 Å². The summed E-state index contributed by atoms with van der Waals surface area (Å²) in [4.78, 5) is 23.3. The van der Waals surface area contributed by atoms with Crippen molar-refractivity contribution in [2.24, 2.45) is 10.2 Å². The molecule has 0 saturated heterocycles. The van der Waals surface area contributed by atoms with E-state index in [1.807, 2.05) is 59.6 Å². The van der Waals surface area contributed by atoms with Gasteiger partial charge in [0, 0.05) is 29.7 Å². The number of rotatable bonds is 6. The number of aryl methyl sites for hydroxylation is 1. The fourth-order valence-corrected chi connectivity index (χ4v) is 6.32. The monoisotopic (exact) mass is 547 g/mol. The van der Waals surface area contributed by atoms with Crippen molar-refractivity contribution >= 4 is 45.4 Å². The third kappa shape index (κ3) is 4.06. The molecule has 0 aliphatic carbocycles. The Hall–Kier alpha value is -4.76. The van der Waals surface area contributed by atoms with E-state index in [1.165, 1.54) is 30.3 Å². The fraction of sp³-hybridized carbons (Fsp3) is 0.129. The molecule has 1 atom stereocenters. The number of nitro benzene ring substituents is 1. The lowest BCUT2D eigenvalue weighted by Gasteiger charge is -2.46. The lowest BCUT2D eigenvalue weighted by atomic mass is 9.92. The number of hydrogen-bond donors (Lipinski definition) is 0. The zero-order chi connectivity index (χ0) is 27.9. The quantitative estimate of drug-likeness (QED) is 0.197. The average molecular weight is 548 g/mol. The van der Waals surface area contributed by atoms with Gasteiger partial charge in [0.25, 0.3) is 5.69 Å². The Morgan fingerprint density at radius 1 is 0.875 bits per heavy atom. The van der Waals surface area contributed by atoms with Crippen molar-refractivity contribution in [3.63, 3.8) is 0 Å². The Labute approximate surface area is 235 Å². The minimum absolute atomic E-state index is 0.119. The van der Waals surface area contributed by atoms with E-state index in [2.05, 4.69) is 31.2 Å². The second kappa shape index (κ2) is 10.1. The molecule has 0 aromatic heterocycles. The number of hydrogen-bond acceptors (Lipinski definition) is 8. The van der Waals surface area contributed by atoms with E-state index in [0.29, 0.717) is 0 Å². The fourth-order valence-electron chi connectivity index (χ4n) is 5.04. The highest BCUT2D eigenvalue weighted by Gasteiger charge is 2.56. The molecule has 0 amide bonds. The molecule has 2 heterocycles. The van der Waals surface area contributed by atoms with Crippen molar-refractivity contribution in [1.82, 2.24) is 0 Å². The van der Waals surface area contributed by atoms with E-state index in [0.717, 1.165) is 34.5 Å². The molecule has 1 spiro atoms. The first-order valence-electron chi connectivity index (χ1n) is 12.9. The number of carbonyl (C=O) groups excluding carboxylic acids is 1. The Morgan fingerprint density at radius 2 is 1.55 bits per heavy atom. The van der Waals surface area contributed by atoms with Gasteiger partial charge in [-0.2, -0.15) is 10.2 Å². The highest BCUT2D eigenvalue weighted by atomic mass is 32.2. The van der Waals surface area contributed by atoms with E-state index in [1.54, 1.807) is 23.2 Å². The lowest BCUT2D eigenvalue weighted by molar-refractivity contribution is -0.384. The van der Waals surface area contributed by atoms with Gasteiger partial charge in [0.1, 0.15) is 5.69 Å². The van der Waals surface area contributed by atoms with Crippen LogP contribution in [0, 0.1) is 10.1 Å². The SMILES string of the molecule is CCc1ccc(C2=NN(c3ccccc3)C3(SC(C(C)=O)=NN3c3ccccc3[N+](=O)[O-])c3ccccc32)cc1. The maximum Gasteiger partial charge on any atom is 0.294 e. The molecule has 8 nitrogen and oxygen atoms in total. The van der Waals surface area contributed by atoms with E-state index >= 15 is 0 Å². The molecule has 0 N–H and O–H groups in total. The number of anilines is 2. The number of hydrazone groups is 2. The van der Waals surface area contributed by atoms with Gasteiger partial charge in [0.15, 0.2) is 10.8 Å². The third-order valence-electron chi connectivity index (χ3n) is 6.98. The highest BCUT2D eigenvalue weighted by molar-refractivity contribution is 8.17. The topological polar surface area (TPSA) is 91.4 Å². The molecule has 4 aromatic carbocycles.